The molecule has 1 saturated heterocycles. The number of hydrogen-bond donors (Lipinski definition) is 2. The number of aromatic nitrogens is 3. The van der Waals surface area contributed by atoms with E-state index in [0.717, 1.165) is 37.3 Å². The van der Waals surface area contributed by atoms with Crippen molar-refractivity contribution in [1.82, 2.24) is 19.9 Å². The summed E-state index contributed by atoms with van der Waals surface area (Å²) in [5.41, 5.74) is 1.35. The van der Waals surface area contributed by atoms with Crippen molar-refractivity contribution in [3.05, 3.63) is 60.7 Å². The van der Waals surface area contributed by atoms with E-state index >= 15 is 0 Å². The van der Waals surface area contributed by atoms with Crippen LogP contribution in [0.2, 0.25) is 0 Å². The summed E-state index contributed by atoms with van der Waals surface area (Å²) in [5.74, 6) is 1.98. The highest BCUT2D eigenvalue weighted by Gasteiger charge is 2.23. The van der Waals surface area contributed by atoms with Crippen LogP contribution in [-0.4, -0.2) is 64.4 Å². The maximum atomic E-state index is 14.2. The zero-order chi connectivity index (χ0) is 21.6. The molecule has 1 aromatic carbocycles. The zero-order valence-electron chi connectivity index (χ0n) is 17.5. The van der Waals surface area contributed by atoms with E-state index in [1.165, 1.54) is 12.1 Å². The summed E-state index contributed by atoms with van der Waals surface area (Å²) in [6.45, 7) is 2.41. The first-order valence-corrected chi connectivity index (χ1v) is 10.4. The zero-order valence-corrected chi connectivity index (χ0v) is 17.5. The SMILES string of the molecule is COc1cnccc1-c1cc(F)cc(OCC(O)CN2CCC(c3ncc[nH]3)CC2)c1. The first kappa shape index (κ1) is 21.3. The number of hydrogen-bond acceptors (Lipinski definition) is 6. The van der Waals surface area contributed by atoms with Crippen LogP contribution in [0, 0.1) is 5.82 Å². The monoisotopic (exact) mass is 426 g/mol. The number of nitrogens with zero attached hydrogens (tertiary/aromatic N) is 3. The lowest BCUT2D eigenvalue weighted by molar-refractivity contribution is 0.0590. The van der Waals surface area contributed by atoms with E-state index in [-0.39, 0.29) is 6.61 Å². The molecule has 4 rings (SSSR count). The molecule has 31 heavy (non-hydrogen) atoms. The molecule has 2 aromatic heterocycles. The Kier molecular flexibility index (Phi) is 6.79. The fraction of sp³-hybridized carbons (Fsp3) is 0.391. The summed E-state index contributed by atoms with van der Waals surface area (Å²) in [6.07, 6.45) is 8.19. The molecule has 7 nitrogen and oxygen atoms in total. The van der Waals surface area contributed by atoms with E-state index in [4.69, 9.17) is 9.47 Å². The number of benzene rings is 1. The normalized spacial score (nSPS) is 16.2. The summed E-state index contributed by atoms with van der Waals surface area (Å²) < 4.78 is 25.2. The number of methoxy groups -OCH3 is 1. The molecule has 2 N–H and O–H groups in total. The van der Waals surface area contributed by atoms with Gasteiger partial charge in [0, 0.05) is 42.7 Å². The number of ether oxygens (including phenoxy) is 2. The van der Waals surface area contributed by atoms with Gasteiger partial charge in [0.1, 0.15) is 35.9 Å². The summed E-state index contributed by atoms with van der Waals surface area (Å²) in [4.78, 5) is 13.8. The minimum atomic E-state index is -0.664. The first-order chi connectivity index (χ1) is 15.1. The van der Waals surface area contributed by atoms with Gasteiger partial charge in [0.2, 0.25) is 0 Å². The van der Waals surface area contributed by atoms with Gasteiger partial charge in [0.05, 0.1) is 13.3 Å². The van der Waals surface area contributed by atoms with Crippen LogP contribution >= 0.6 is 0 Å². The van der Waals surface area contributed by atoms with Crippen molar-refractivity contribution < 1.29 is 19.0 Å². The molecule has 8 heteroatoms. The van der Waals surface area contributed by atoms with Gasteiger partial charge in [-0.1, -0.05) is 0 Å². The number of halogens is 1. The third kappa shape index (κ3) is 5.39. The molecule has 1 fully saturated rings. The molecular weight excluding hydrogens is 399 g/mol. The average Bonchev–Trinajstić information content (AvgIpc) is 3.33. The van der Waals surface area contributed by atoms with Crippen molar-refractivity contribution in [3.63, 3.8) is 0 Å². The van der Waals surface area contributed by atoms with Gasteiger partial charge < -0.3 is 24.5 Å². The lowest BCUT2D eigenvalue weighted by Gasteiger charge is -2.32. The van der Waals surface area contributed by atoms with Crippen molar-refractivity contribution in [1.29, 1.82) is 0 Å². The fourth-order valence-electron chi connectivity index (χ4n) is 4.02. The Morgan fingerprint density at radius 2 is 2.10 bits per heavy atom. The molecule has 0 spiro atoms. The summed E-state index contributed by atoms with van der Waals surface area (Å²) >= 11 is 0. The molecule has 1 unspecified atom stereocenters. The number of aromatic amines is 1. The Balaban J connectivity index is 1.31. The Morgan fingerprint density at radius 1 is 1.26 bits per heavy atom. The van der Waals surface area contributed by atoms with Crippen LogP contribution in [0.15, 0.2) is 49.1 Å². The maximum absolute atomic E-state index is 14.2. The molecule has 1 atom stereocenters. The third-order valence-electron chi connectivity index (χ3n) is 5.59. The Labute approximate surface area is 180 Å². The third-order valence-corrected chi connectivity index (χ3v) is 5.59. The largest absolute Gasteiger partial charge is 0.494 e. The van der Waals surface area contributed by atoms with Crippen molar-refractivity contribution in [3.8, 4) is 22.6 Å². The lowest BCUT2D eigenvalue weighted by atomic mass is 9.96. The number of H-pyrrole nitrogens is 1. The Bertz CT molecular complexity index is 975. The van der Waals surface area contributed by atoms with Crippen molar-refractivity contribution in [2.75, 3.05) is 33.4 Å². The molecule has 0 amide bonds. The van der Waals surface area contributed by atoms with E-state index < -0.39 is 11.9 Å². The number of likely N-dealkylation sites (tertiary alicyclic amines) is 1. The van der Waals surface area contributed by atoms with E-state index in [2.05, 4.69) is 19.9 Å². The second-order valence-corrected chi connectivity index (χ2v) is 7.77. The highest BCUT2D eigenvalue weighted by Crippen LogP contribution is 2.32. The quantitative estimate of drug-likeness (QED) is 0.575. The van der Waals surface area contributed by atoms with Gasteiger partial charge in [0.25, 0.3) is 0 Å². The van der Waals surface area contributed by atoms with Gasteiger partial charge in [-0.3, -0.25) is 4.98 Å². The van der Waals surface area contributed by atoms with E-state index in [1.807, 2.05) is 6.20 Å². The topological polar surface area (TPSA) is 83.5 Å². The molecule has 1 aliphatic rings. The van der Waals surface area contributed by atoms with Gasteiger partial charge in [-0.2, -0.15) is 0 Å². The number of piperidine rings is 1. The standard InChI is InChI=1S/C23H27FN4O3/c1-30-22-13-25-5-2-21(22)17-10-18(24)12-20(11-17)31-15-19(29)14-28-8-3-16(4-9-28)23-26-6-7-27-23/h2,5-7,10-13,16,19,29H,3-4,8-9,14-15H2,1H3,(H,26,27). The van der Waals surface area contributed by atoms with Crippen LogP contribution < -0.4 is 9.47 Å². The molecular formula is C23H27FN4O3. The fourth-order valence-corrected chi connectivity index (χ4v) is 4.02. The number of aliphatic hydroxyl groups excluding tert-OH is 1. The number of imidazole rings is 1. The van der Waals surface area contributed by atoms with E-state index in [9.17, 15) is 9.50 Å². The van der Waals surface area contributed by atoms with Crippen LogP contribution in [0.4, 0.5) is 4.39 Å². The number of rotatable bonds is 8. The van der Waals surface area contributed by atoms with Crippen LogP contribution in [0.5, 0.6) is 11.5 Å². The molecule has 3 heterocycles. The smallest absolute Gasteiger partial charge is 0.144 e. The van der Waals surface area contributed by atoms with Crippen LogP contribution in [0.1, 0.15) is 24.6 Å². The van der Waals surface area contributed by atoms with E-state index in [1.54, 1.807) is 37.8 Å². The number of β-amino-alcohol motifs (C(OH)–C–C–N with tert-alkyl or cyclic N) is 1. The Hall–Kier alpha value is -2.97. The molecule has 0 aliphatic carbocycles. The molecule has 0 saturated carbocycles. The summed E-state index contributed by atoms with van der Waals surface area (Å²) in [7, 11) is 1.55. The first-order valence-electron chi connectivity index (χ1n) is 10.4. The van der Waals surface area contributed by atoms with Gasteiger partial charge in [-0.25, -0.2) is 9.37 Å². The molecule has 0 radical (unpaired) electrons. The van der Waals surface area contributed by atoms with Crippen LogP contribution in [0.25, 0.3) is 11.1 Å². The minimum Gasteiger partial charge on any atom is -0.494 e. The number of aliphatic hydroxyl groups is 1. The highest BCUT2D eigenvalue weighted by molar-refractivity contribution is 5.70. The summed E-state index contributed by atoms with van der Waals surface area (Å²) in [6, 6.07) is 6.24. The molecule has 164 valence electrons. The predicted molar refractivity (Wildman–Crippen MR) is 115 cm³/mol. The minimum absolute atomic E-state index is 0.0918. The van der Waals surface area contributed by atoms with Gasteiger partial charge in [-0.05, 0) is 49.7 Å². The lowest BCUT2D eigenvalue weighted by Crippen LogP contribution is -2.40. The van der Waals surface area contributed by atoms with Crippen molar-refractivity contribution in [2.24, 2.45) is 0 Å². The van der Waals surface area contributed by atoms with Crippen LogP contribution in [-0.2, 0) is 0 Å². The number of nitrogens with one attached hydrogen (secondary N) is 1. The Morgan fingerprint density at radius 3 is 2.84 bits per heavy atom. The summed E-state index contributed by atoms with van der Waals surface area (Å²) in [5, 5.41) is 10.4. The predicted octanol–water partition coefficient (Wildman–Crippen LogP) is 3.24. The highest BCUT2D eigenvalue weighted by atomic mass is 19.1. The van der Waals surface area contributed by atoms with Gasteiger partial charge >= 0.3 is 0 Å². The van der Waals surface area contributed by atoms with Crippen molar-refractivity contribution >= 4 is 0 Å². The van der Waals surface area contributed by atoms with Gasteiger partial charge in [-0.15, -0.1) is 0 Å². The van der Waals surface area contributed by atoms with E-state index in [0.29, 0.717) is 29.5 Å². The van der Waals surface area contributed by atoms with Crippen molar-refractivity contribution in [2.45, 2.75) is 24.9 Å². The maximum Gasteiger partial charge on any atom is 0.144 e. The molecule has 3 aromatic rings. The second kappa shape index (κ2) is 9.89. The molecule has 0 bridgehead atoms. The average molecular weight is 426 g/mol. The number of pyridine rings is 1. The van der Waals surface area contributed by atoms with Gasteiger partial charge in [0.15, 0.2) is 0 Å². The second-order valence-electron chi connectivity index (χ2n) is 7.77. The molecule has 1 aliphatic heterocycles. The van der Waals surface area contributed by atoms with Crippen LogP contribution in [0.3, 0.4) is 0 Å².